The van der Waals surface area contributed by atoms with Crippen LogP contribution in [-0.4, -0.2) is 12.1 Å². The Bertz CT molecular complexity index is 144. The Morgan fingerprint density at radius 1 is 0.625 bits per heavy atom. The van der Waals surface area contributed by atoms with Crippen LogP contribution in [0.15, 0.2) is 0 Å². The van der Waals surface area contributed by atoms with Crippen molar-refractivity contribution in [2.45, 2.75) is 84.2 Å². The molecule has 0 fully saturated rings. The fraction of sp³-hybridized carbons (Fsp3) is 1.00. The summed E-state index contributed by atoms with van der Waals surface area (Å²) in [6, 6.07) is 0.749. The van der Waals surface area contributed by atoms with E-state index in [0.717, 1.165) is 5.92 Å². The van der Waals surface area contributed by atoms with Crippen LogP contribution in [0.2, 0.25) is 0 Å². The summed E-state index contributed by atoms with van der Waals surface area (Å²) in [5.74, 6) is 0.847. The van der Waals surface area contributed by atoms with E-state index in [-0.39, 0.29) is 0 Å². The Hall–Kier alpha value is -0.0800. The summed E-state index contributed by atoms with van der Waals surface area (Å²) in [7, 11) is 0. The van der Waals surface area contributed by atoms with Gasteiger partial charge in [0.1, 0.15) is 0 Å². The van der Waals surface area contributed by atoms with E-state index in [9.17, 15) is 0 Å². The van der Waals surface area contributed by atoms with Crippen molar-refractivity contribution in [3.63, 3.8) is 0 Å². The minimum atomic E-state index is 0.369. The lowest BCUT2D eigenvalue weighted by Gasteiger charge is -2.12. The topological polar surface area (TPSA) is 52.0 Å². The minimum Gasteiger partial charge on any atom is -0.328 e. The van der Waals surface area contributed by atoms with Gasteiger partial charge in [-0.1, -0.05) is 39.0 Å². The molecule has 0 bridgehead atoms. The lowest BCUT2D eigenvalue weighted by molar-refractivity contribution is 0.427. The lowest BCUT2D eigenvalue weighted by atomic mass is 9.96. The molecule has 0 aliphatic heterocycles. The highest BCUT2D eigenvalue weighted by Crippen LogP contribution is 2.16. The zero-order valence-corrected chi connectivity index (χ0v) is 11.5. The second-order valence-electron chi connectivity index (χ2n) is 5.63. The SMILES string of the molecule is CC(N)CCCCCCC(C)CCC(C)N. The Labute approximate surface area is 102 Å². The molecule has 3 atom stereocenters. The van der Waals surface area contributed by atoms with Crippen LogP contribution in [0.25, 0.3) is 0 Å². The maximum atomic E-state index is 5.75. The van der Waals surface area contributed by atoms with Crippen molar-refractivity contribution in [3.8, 4) is 0 Å². The first kappa shape index (κ1) is 15.9. The van der Waals surface area contributed by atoms with E-state index in [1.54, 1.807) is 0 Å². The minimum absolute atomic E-state index is 0.369. The van der Waals surface area contributed by atoms with Gasteiger partial charge in [-0.3, -0.25) is 0 Å². The summed E-state index contributed by atoms with van der Waals surface area (Å²) in [4.78, 5) is 0. The van der Waals surface area contributed by atoms with Crippen LogP contribution < -0.4 is 11.5 Å². The fourth-order valence-corrected chi connectivity index (χ4v) is 2.00. The van der Waals surface area contributed by atoms with Gasteiger partial charge in [0.05, 0.1) is 0 Å². The van der Waals surface area contributed by atoms with E-state index >= 15 is 0 Å². The van der Waals surface area contributed by atoms with Gasteiger partial charge in [-0.05, 0) is 39.0 Å². The number of nitrogens with two attached hydrogens (primary N) is 2. The first-order chi connectivity index (χ1) is 7.52. The average molecular weight is 228 g/mol. The maximum Gasteiger partial charge on any atom is 0.00105 e. The molecule has 0 amide bonds. The van der Waals surface area contributed by atoms with Crippen molar-refractivity contribution in [2.24, 2.45) is 17.4 Å². The second-order valence-corrected chi connectivity index (χ2v) is 5.63. The first-order valence-corrected chi connectivity index (χ1v) is 7.03. The summed E-state index contributed by atoms with van der Waals surface area (Å²) < 4.78 is 0. The van der Waals surface area contributed by atoms with Gasteiger partial charge in [0.15, 0.2) is 0 Å². The number of hydrogen-bond acceptors (Lipinski definition) is 2. The predicted octanol–water partition coefficient (Wildman–Crippen LogP) is 3.44. The Balaban J connectivity index is 3.18. The maximum absolute atomic E-state index is 5.75. The van der Waals surface area contributed by atoms with Crippen molar-refractivity contribution in [1.82, 2.24) is 0 Å². The molecule has 0 spiro atoms. The number of rotatable bonds is 10. The molecular formula is C14H32N2. The largest absolute Gasteiger partial charge is 0.328 e. The number of unbranched alkanes of at least 4 members (excludes halogenated alkanes) is 3. The van der Waals surface area contributed by atoms with Gasteiger partial charge < -0.3 is 11.5 Å². The second kappa shape index (κ2) is 10.1. The highest BCUT2D eigenvalue weighted by molar-refractivity contribution is 4.60. The van der Waals surface area contributed by atoms with Crippen LogP contribution in [0.4, 0.5) is 0 Å². The summed E-state index contributed by atoms with van der Waals surface area (Å²) in [6.07, 6.45) is 10.4. The molecule has 3 unspecified atom stereocenters. The Morgan fingerprint density at radius 2 is 1.12 bits per heavy atom. The predicted molar refractivity (Wildman–Crippen MR) is 73.4 cm³/mol. The molecule has 0 saturated carbocycles. The summed E-state index contributed by atoms with van der Waals surface area (Å²) >= 11 is 0. The van der Waals surface area contributed by atoms with Crippen LogP contribution >= 0.6 is 0 Å². The van der Waals surface area contributed by atoms with Crippen LogP contribution in [-0.2, 0) is 0 Å². The standard InChI is InChI=1S/C14H32N2/c1-12(10-11-14(3)16)8-6-4-5-7-9-13(2)15/h12-14H,4-11,15-16H2,1-3H3. The van der Waals surface area contributed by atoms with Crippen LogP contribution in [0, 0.1) is 5.92 Å². The Morgan fingerprint density at radius 3 is 1.62 bits per heavy atom. The summed E-state index contributed by atoms with van der Waals surface area (Å²) in [5, 5.41) is 0. The molecular weight excluding hydrogens is 196 g/mol. The molecule has 0 radical (unpaired) electrons. The molecule has 0 aliphatic carbocycles. The van der Waals surface area contributed by atoms with E-state index in [0.29, 0.717) is 12.1 Å². The first-order valence-electron chi connectivity index (χ1n) is 7.03. The molecule has 0 aromatic heterocycles. The molecule has 2 nitrogen and oxygen atoms in total. The molecule has 0 heterocycles. The summed E-state index contributed by atoms with van der Waals surface area (Å²) in [6.45, 7) is 6.54. The van der Waals surface area contributed by atoms with Crippen molar-refractivity contribution < 1.29 is 0 Å². The van der Waals surface area contributed by atoms with Crippen LogP contribution in [0.1, 0.15) is 72.1 Å². The van der Waals surface area contributed by atoms with Gasteiger partial charge in [-0.2, -0.15) is 0 Å². The number of hydrogen-bond donors (Lipinski definition) is 2. The van der Waals surface area contributed by atoms with Crippen LogP contribution in [0.5, 0.6) is 0 Å². The highest BCUT2D eigenvalue weighted by Gasteiger charge is 2.03. The molecule has 0 saturated heterocycles. The zero-order chi connectivity index (χ0) is 12.4. The average Bonchev–Trinajstić information content (AvgIpc) is 2.19. The van der Waals surface area contributed by atoms with E-state index in [2.05, 4.69) is 20.8 Å². The zero-order valence-electron chi connectivity index (χ0n) is 11.5. The van der Waals surface area contributed by atoms with Gasteiger partial charge >= 0.3 is 0 Å². The molecule has 4 N–H and O–H groups in total. The van der Waals surface area contributed by atoms with E-state index in [4.69, 9.17) is 11.5 Å². The van der Waals surface area contributed by atoms with Crippen molar-refractivity contribution in [1.29, 1.82) is 0 Å². The highest BCUT2D eigenvalue weighted by atomic mass is 14.6. The fourth-order valence-electron chi connectivity index (χ4n) is 2.00. The van der Waals surface area contributed by atoms with Crippen LogP contribution in [0.3, 0.4) is 0 Å². The van der Waals surface area contributed by atoms with E-state index < -0.39 is 0 Å². The normalized spacial score (nSPS) is 17.1. The van der Waals surface area contributed by atoms with Gasteiger partial charge in [0.2, 0.25) is 0 Å². The van der Waals surface area contributed by atoms with Crippen molar-refractivity contribution in [3.05, 3.63) is 0 Å². The van der Waals surface area contributed by atoms with Gasteiger partial charge in [0, 0.05) is 12.1 Å². The molecule has 2 heteroatoms. The molecule has 0 aromatic carbocycles. The third-order valence-electron chi connectivity index (χ3n) is 3.22. The molecule has 16 heavy (non-hydrogen) atoms. The van der Waals surface area contributed by atoms with Crippen molar-refractivity contribution in [2.75, 3.05) is 0 Å². The van der Waals surface area contributed by atoms with E-state index in [1.807, 2.05) is 0 Å². The van der Waals surface area contributed by atoms with E-state index in [1.165, 1.54) is 51.4 Å². The summed E-state index contributed by atoms with van der Waals surface area (Å²) in [5.41, 5.74) is 11.5. The van der Waals surface area contributed by atoms with Gasteiger partial charge in [-0.15, -0.1) is 0 Å². The van der Waals surface area contributed by atoms with Gasteiger partial charge in [-0.25, -0.2) is 0 Å². The molecule has 0 aliphatic rings. The quantitative estimate of drug-likeness (QED) is 0.563. The molecule has 98 valence electrons. The molecule has 0 rings (SSSR count). The van der Waals surface area contributed by atoms with Gasteiger partial charge in [0.25, 0.3) is 0 Å². The smallest absolute Gasteiger partial charge is 0.00105 e. The lowest BCUT2D eigenvalue weighted by Crippen LogP contribution is -2.15. The third kappa shape index (κ3) is 12.0. The monoisotopic (exact) mass is 228 g/mol. The molecule has 0 aromatic rings. The third-order valence-corrected chi connectivity index (χ3v) is 3.22. The van der Waals surface area contributed by atoms with Crippen molar-refractivity contribution >= 4 is 0 Å². The Kier molecular flexibility index (Phi) is 10.0.